The summed E-state index contributed by atoms with van der Waals surface area (Å²) in [4.78, 5) is 10.3. The molecule has 0 aliphatic rings. The number of hydrogen-bond acceptors (Lipinski definition) is 2. The van der Waals surface area contributed by atoms with Crippen LogP contribution in [0.2, 0.25) is 0 Å². The molecular weight excluding hydrogens is 190 g/mol. The third kappa shape index (κ3) is 3.13. The average molecular weight is 205 g/mol. The number of para-hydroxylation sites is 1. The summed E-state index contributed by atoms with van der Waals surface area (Å²) in [5.41, 5.74) is 3.30. The fraction of sp³-hybridized carbons (Fsp3) is 0.250. The standard InChI is InChI=1S/C12H15NO2/c1-3-10-6-4-5-9(2)12(10)13-8-7-11(14)15/h4-8,13H,3H2,1-2H3,(H,14,15). The Hall–Kier alpha value is -1.77. The van der Waals surface area contributed by atoms with E-state index >= 15 is 0 Å². The second-order valence-electron chi connectivity index (χ2n) is 3.28. The van der Waals surface area contributed by atoms with Gasteiger partial charge in [-0.3, -0.25) is 0 Å². The van der Waals surface area contributed by atoms with Crippen LogP contribution in [0.25, 0.3) is 0 Å². The first-order valence-electron chi connectivity index (χ1n) is 4.89. The summed E-state index contributed by atoms with van der Waals surface area (Å²) in [5, 5.41) is 11.5. The third-order valence-corrected chi connectivity index (χ3v) is 2.19. The largest absolute Gasteiger partial charge is 0.478 e. The predicted molar refractivity (Wildman–Crippen MR) is 61.0 cm³/mol. The number of carbonyl (C=O) groups is 1. The first-order valence-corrected chi connectivity index (χ1v) is 4.89. The number of rotatable bonds is 4. The van der Waals surface area contributed by atoms with E-state index in [9.17, 15) is 4.79 Å². The number of hydrogen-bond donors (Lipinski definition) is 2. The fourth-order valence-corrected chi connectivity index (χ4v) is 1.43. The molecule has 0 fully saturated rings. The van der Waals surface area contributed by atoms with E-state index in [2.05, 4.69) is 12.2 Å². The van der Waals surface area contributed by atoms with Gasteiger partial charge in [-0.15, -0.1) is 0 Å². The van der Waals surface area contributed by atoms with E-state index < -0.39 is 5.97 Å². The molecule has 1 aromatic rings. The Bertz CT molecular complexity index is 383. The maximum atomic E-state index is 10.3. The number of benzene rings is 1. The summed E-state index contributed by atoms with van der Waals surface area (Å²) in [6.45, 7) is 4.07. The van der Waals surface area contributed by atoms with Crippen LogP contribution < -0.4 is 5.32 Å². The van der Waals surface area contributed by atoms with Gasteiger partial charge in [0.2, 0.25) is 0 Å². The Balaban J connectivity index is 2.88. The second kappa shape index (κ2) is 5.20. The predicted octanol–water partition coefficient (Wildman–Crippen LogP) is 2.57. The number of carboxylic acids is 1. The van der Waals surface area contributed by atoms with Crippen molar-refractivity contribution in [2.24, 2.45) is 0 Å². The summed E-state index contributed by atoms with van der Waals surface area (Å²) in [5.74, 6) is -0.950. The number of aryl methyl sites for hydroxylation is 2. The van der Waals surface area contributed by atoms with E-state index in [1.54, 1.807) is 0 Å². The lowest BCUT2D eigenvalue weighted by atomic mass is 10.1. The Morgan fingerprint density at radius 2 is 2.27 bits per heavy atom. The molecule has 0 amide bonds. The molecule has 3 nitrogen and oxygen atoms in total. The Morgan fingerprint density at radius 1 is 1.53 bits per heavy atom. The molecule has 15 heavy (non-hydrogen) atoms. The zero-order valence-electron chi connectivity index (χ0n) is 8.95. The Labute approximate surface area is 89.4 Å². The van der Waals surface area contributed by atoms with Gasteiger partial charge >= 0.3 is 5.97 Å². The number of carboxylic acid groups (broad SMARTS) is 1. The molecule has 0 aliphatic carbocycles. The van der Waals surface area contributed by atoms with Gasteiger partial charge in [0, 0.05) is 18.0 Å². The zero-order chi connectivity index (χ0) is 11.3. The van der Waals surface area contributed by atoms with Crippen molar-refractivity contribution in [3.05, 3.63) is 41.6 Å². The summed E-state index contributed by atoms with van der Waals surface area (Å²) < 4.78 is 0. The molecule has 0 saturated heterocycles. The molecule has 0 spiro atoms. The van der Waals surface area contributed by atoms with E-state index in [1.165, 1.54) is 11.8 Å². The topological polar surface area (TPSA) is 49.3 Å². The number of anilines is 1. The van der Waals surface area contributed by atoms with Crippen LogP contribution in [0.3, 0.4) is 0 Å². The van der Waals surface area contributed by atoms with Crippen molar-refractivity contribution < 1.29 is 9.90 Å². The Morgan fingerprint density at radius 3 is 2.87 bits per heavy atom. The van der Waals surface area contributed by atoms with Gasteiger partial charge in [0.05, 0.1) is 0 Å². The van der Waals surface area contributed by atoms with E-state index in [0.29, 0.717) is 0 Å². The highest BCUT2D eigenvalue weighted by atomic mass is 16.4. The van der Waals surface area contributed by atoms with Crippen molar-refractivity contribution in [1.29, 1.82) is 0 Å². The van der Waals surface area contributed by atoms with Gasteiger partial charge in [-0.05, 0) is 24.5 Å². The molecule has 0 aliphatic heterocycles. The van der Waals surface area contributed by atoms with Crippen molar-refractivity contribution >= 4 is 11.7 Å². The van der Waals surface area contributed by atoms with Crippen molar-refractivity contribution in [3.63, 3.8) is 0 Å². The Kier molecular flexibility index (Phi) is 3.92. The number of aliphatic carboxylic acids is 1. The summed E-state index contributed by atoms with van der Waals surface area (Å²) in [7, 11) is 0. The highest BCUT2D eigenvalue weighted by Crippen LogP contribution is 2.20. The van der Waals surface area contributed by atoms with Crippen molar-refractivity contribution in [2.75, 3.05) is 5.32 Å². The maximum Gasteiger partial charge on any atom is 0.329 e. The van der Waals surface area contributed by atoms with Gasteiger partial charge in [0.15, 0.2) is 0 Å². The molecule has 0 bridgehead atoms. The highest BCUT2D eigenvalue weighted by Gasteiger charge is 2.01. The summed E-state index contributed by atoms with van der Waals surface area (Å²) >= 11 is 0. The first kappa shape index (κ1) is 11.3. The van der Waals surface area contributed by atoms with E-state index in [-0.39, 0.29) is 0 Å². The van der Waals surface area contributed by atoms with E-state index in [4.69, 9.17) is 5.11 Å². The van der Waals surface area contributed by atoms with Crippen molar-refractivity contribution in [1.82, 2.24) is 0 Å². The molecule has 1 aromatic carbocycles. The van der Waals surface area contributed by atoms with Crippen LogP contribution in [-0.2, 0) is 11.2 Å². The molecular formula is C12H15NO2. The summed E-state index contributed by atoms with van der Waals surface area (Å²) in [6.07, 6.45) is 3.46. The SMILES string of the molecule is CCc1cccc(C)c1NC=CC(=O)O. The van der Waals surface area contributed by atoms with Gasteiger partial charge in [-0.25, -0.2) is 4.79 Å². The van der Waals surface area contributed by atoms with Gasteiger partial charge in [-0.1, -0.05) is 25.1 Å². The van der Waals surface area contributed by atoms with Crippen LogP contribution >= 0.6 is 0 Å². The molecule has 0 atom stereocenters. The summed E-state index contributed by atoms with van der Waals surface area (Å²) in [6, 6.07) is 6.03. The lowest BCUT2D eigenvalue weighted by molar-refractivity contribution is -0.131. The lowest BCUT2D eigenvalue weighted by Gasteiger charge is -2.10. The minimum absolute atomic E-state index is 0.922. The van der Waals surface area contributed by atoms with Gasteiger partial charge < -0.3 is 10.4 Å². The third-order valence-electron chi connectivity index (χ3n) is 2.19. The van der Waals surface area contributed by atoms with E-state index in [0.717, 1.165) is 23.7 Å². The molecule has 2 N–H and O–H groups in total. The van der Waals surface area contributed by atoms with Crippen LogP contribution in [0.15, 0.2) is 30.5 Å². The lowest BCUT2D eigenvalue weighted by Crippen LogP contribution is -1.98. The van der Waals surface area contributed by atoms with Crippen LogP contribution in [0.4, 0.5) is 5.69 Å². The zero-order valence-corrected chi connectivity index (χ0v) is 8.95. The van der Waals surface area contributed by atoms with Crippen LogP contribution in [0, 0.1) is 6.92 Å². The minimum atomic E-state index is -0.950. The molecule has 0 saturated carbocycles. The quantitative estimate of drug-likeness (QED) is 0.743. The van der Waals surface area contributed by atoms with Crippen LogP contribution in [0.5, 0.6) is 0 Å². The molecule has 3 heteroatoms. The monoisotopic (exact) mass is 205 g/mol. The molecule has 80 valence electrons. The second-order valence-corrected chi connectivity index (χ2v) is 3.28. The molecule has 0 unspecified atom stereocenters. The van der Waals surface area contributed by atoms with Gasteiger partial charge in [-0.2, -0.15) is 0 Å². The normalized spacial score (nSPS) is 10.5. The van der Waals surface area contributed by atoms with Crippen molar-refractivity contribution in [2.45, 2.75) is 20.3 Å². The van der Waals surface area contributed by atoms with Gasteiger partial charge in [0.1, 0.15) is 0 Å². The molecule has 0 heterocycles. The first-order chi connectivity index (χ1) is 7.15. The molecule has 1 rings (SSSR count). The van der Waals surface area contributed by atoms with Crippen LogP contribution in [0.1, 0.15) is 18.1 Å². The minimum Gasteiger partial charge on any atom is -0.478 e. The van der Waals surface area contributed by atoms with Gasteiger partial charge in [0.25, 0.3) is 0 Å². The molecule has 0 radical (unpaired) electrons. The molecule has 0 aromatic heterocycles. The average Bonchev–Trinajstić information content (AvgIpc) is 2.20. The van der Waals surface area contributed by atoms with Crippen molar-refractivity contribution in [3.8, 4) is 0 Å². The smallest absolute Gasteiger partial charge is 0.329 e. The van der Waals surface area contributed by atoms with E-state index in [1.807, 2.05) is 25.1 Å². The number of nitrogens with one attached hydrogen (secondary N) is 1. The van der Waals surface area contributed by atoms with Crippen LogP contribution in [-0.4, -0.2) is 11.1 Å². The highest BCUT2D eigenvalue weighted by molar-refractivity contribution is 5.80. The fourth-order valence-electron chi connectivity index (χ4n) is 1.43. The maximum absolute atomic E-state index is 10.3.